The maximum absolute atomic E-state index is 12.7. The number of hydrogen-bond donors (Lipinski definition) is 0. The molecular weight excluding hydrogens is 408 g/mol. The van der Waals surface area contributed by atoms with Crippen molar-refractivity contribution >= 4 is 32.9 Å². The number of aromatic nitrogens is 2. The van der Waals surface area contributed by atoms with Crippen LogP contribution in [-0.4, -0.2) is 70.9 Å². The smallest absolute Gasteiger partial charge is 0.233 e. The molecule has 30 heavy (non-hydrogen) atoms. The normalized spacial score (nSPS) is 19.4. The molecule has 2 fully saturated rings. The molecule has 2 aliphatic heterocycles. The number of likely N-dealkylation sites (tertiary alicyclic amines) is 1. The lowest BCUT2D eigenvalue weighted by Gasteiger charge is -2.32. The van der Waals surface area contributed by atoms with E-state index in [9.17, 15) is 18.0 Å². The summed E-state index contributed by atoms with van der Waals surface area (Å²) in [5.74, 6) is -0.390. The average molecular weight is 433 g/mol. The molecule has 4 rings (SSSR count). The molecule has 3 heterocycles. The Morgan fingerprint density at radius 1 is 1.03 bits per heavy atom. The molecule has 0 saturated carbocycles. The van der Waals surface area contributed by atoms with E-state index in [4.69, 9.17) is 4.74 Å². The quantitative estimate of drug-likeness (QED) is 0.634. The van der Waals surface area contributed by atoms with Crippen LogP contribution < -0.4 is 4.74 Å². The Morgan fingerprint density at radius 3 is 2.40 bits per heavy atom. The van der Waals surface area contributed by atoms with Crippen LogP contribution in [0.1, 0.15) is 32.1 Å². The molecule has 0 spiro atoms. The van der Waals surface area contributed by atoms with Crippen molar-refractivity contribution in [2.24, 2.45) is 0 Å². The second kappa shape index (κ2) is 8.65. The van der Waals surface area contributed by atoms with Gasteiger partial charge in [0, 0.05) is 32.5 Å². The highest BCUT2D eigenvalue weighted by molar-refractivity contribution is 7.89. The van der Waals surface area contributed by atoms with E-state index in [1.165, 1.54) is 4.31 Å². The van der Waals surface area contributed by atoms with Crippen LogP contribution in [0.2, 0.25) is 0 Å². The van der Waals surface area contributed by atoms with Gasteiger partial charge in [-0.2, -0.15) is 0 Å². The number of amides is 2. The van der Waals surface area contributed by atoms with E-state index in [1.807, 2.05) is 24.3 Å². The van der Waals surface area contributed by atoms with Crippen molar-refractivity contribution in [1.29, 1.82) is 0 Å². The van der Waals surface area contributed by atoms with Crippen LogP contribution in [-0.2, 0) is 19.6 Å². The van der Waals surface area contributed by atoms with Gasteiger partial charge in [-0.25, -0.2) is 22.7 Å². The monoisotopic (exact) mass is 432 g/mol. The van der Waals surface area contributed by atoms with Crippen molar-refractivity contribution in [3.05, 3.63) is 30.5 Å². The van der Waals surface area contributed by atoms with Crippen LogP contribution in [0.25, 0.3) is 11.0 Å². The predicted octanol–water partition coefficient (Wildman–Crippen LogP) is 1.34. The average Bonchev–Trinajstić information content (AvgIpc) is 2.74. The van der Waals surface area contributed by atoms with Gasteiger partial charge in [0.05, 0.1) is 23.0 Å². The second-order valence-electron chi connectivity index (χ2n) is 7.52. The van der Waals surface area contributed by atoms with Crippen molar-refractivity contribution in [2.45, 2.75) is 38.2 Å². The highest BCUT2D eigenvalue weighted by Crippen LogP contribution is 2.21. The number of nitrogens with zero attached hydrogens (tertiary/aromatic N) is 4. The number of rotatable bonds is 6. The Balaban J connectivity index is 1.30. The van der Waals surface area contributed by atoms with E-state index < -0.39 is 10.0 Å². The van der Waals surface area contributed by atoms with Crippen molar-refractivity contribution in [3.63, 3.8) is 0 Å². The Kier molecular flexibility index (Phi) is 5.96. The minimum absolute atomic E-state index is 0.0803. The molecule has 2 aromatic rings. The summed E-state index contributed by atoms with van der Waals surface area (Å²) >= 11 is 0. The lowest BCUT2D eigenvalue weighted by atomic mass is 10.1. The summed E-state index contributed by atoms with van der Waals surface area (Å²) in [7, 11) is -3.55. The third-order valence-corrected chi connectivity index (χ3v) is 7.31. The lowest BCUT2D eigenvalue weighted by Crippen LogP contribution is -2.47. The first kappa shape index (κ1) is 20.7. The minimum Gasteiger partial charge on any atom is -0.473 e. The van der Waals surface area contributed by atoms with Gasteiger partial charge in [-0.05, 0) is 31.4 Å². The van der Waals surface area contributed by atoms with Crippen molar-refractivity contribution in [1.82, 2.24) is 19.2 Å². The minimum atomic E-state index is -3.55. The molecule has 1 aromatic carbocycles. The fourth-order valence-electron chi connectivity index (χ4n) is 3.78. The fourth-order valence-corrected chi connectivity index (χ4v) is 5.22. The van der Waals surface area contributed by atoms with Crippen molar-refractivity contribution in [3.8, 4) is 5.88 Å². The predicted molar refractivity (Wildman–Crippen MR) is 109 cm³/mol. The van der Waals surface area contributed by atoms with Gasteiger partial charge < -0.3 is 4.74 Å². The van der Waals surface area contributed by atoms with E-state index in [1.54, 1.807) is 6.20 Å². The first-order valence-corrected chi connectivity index (χ1v) is 11.7. The molecule has 2 saturated heterocycles. The molecule has 10 heteroatoms. The van der Waals surface area contributed by atoms with E-state index >= 15 is 0 Å². The Labute approximate surface area is 175 Å². The lowest BCUT2D eigenvalue weighted by molar-refractivity contribution is -0.147. The number of fused-ring (bicyclic) bond motifs is 1. The third-order valence-electron chi connectivity index (χ3n) is 5.46. The van der Waals surface area contributed by atoms with Crippen molar-refractivity contribution < 1.29 is 22.7 Å². The van der Waals surface area contributed by atoms with Gasteiger partial charge in [0.15, 0.2) is 0 Å². The molecule has 2 aliphatic rings. The number of carbonyl (C=O) groups is 2. The second-order valence-corrected chi connectivity index (χ2v) is 9.61. The van der Waals surface area contributed by atoms with Gasteiger partial charge in [-0.1, -0.05) is 12.1 Å². The molecule has 2 amide bonds. The Hall–Kier alpha value is -2.59. The maximum atomic E-state index is 12.7. The summed E-state index contributed by atoms with van der Waals surface area (Å²) < 4.78 is 32.7. The molecule has 0 atom stereocenters. The Morgan fingerprint density at radius 2 is 1.70 bits per heavy atom. The van der Waals surface area contributed by atoms with Gasteiger partial charge in [0.1, 0.15) is 6.10 Å². The summed E-state index contributed by atoms with van der Waals surface area (Å²) in [5.41, 5.74) is 1.54. The van der Waals surface area contributed by atoms with Crippen LogP contribution in [0.4, 0.5) is 0 Å². The van der Waals surface area contributed by atoms with E-state index in [-0.39, 0.29) is 30.2 Å². The number of piperidine rings is 2. The van der Waals surface area contributed by atoms with Crippen LogP contribution in [0.15, 0.2) is 30.5 Å². The molecule has 160 valence electrons. The summed E-state index contributed by atoms with van der Waals surface area (Å²) in [6.07, 6.45) is 3.65. The van der Waals surface area contributed by atoms with Gasteiger partial charge >= 0.3 is 0 Å². The fraction of sp³-hybridized carbons (Fsp3) is 0.500. The first-order valence-electron chi connectivity index (χ1n) is 10.1. The maximum Gasteiger partial charge on any atom is 0.233 e. The summed E-state index contributed by atoms with van der Waals surface area (Å²) in [6.45, 7) is 0.578. The molecule has 0 N–H and O–H groups in total. The van der Waals surface area contributed by atoms with Gasteiger partial charge in [-0.3, -0.25) is 14.5 Å². The zero-order chi connectivity index (χ0) is 21.1. The van der Waals surface area contributed by atoms with Gasteiger partial charge in [0.25, 0.3) is 0 Å². The SMILES string of the molecule is O=C1CCCC(=O)N1CCS(=O)(=O)N1CCC(Oc2cnc3ccccc3n2)CC1. The first-order chi connectivity index (χ1) is 14.4. The molecule has 9 nitrogen and oxygen atoms in total. The van der Waals surface area contributed by atoms with Crippen LogP contribution in [0.3, 0.4) is 0 Å². The molecule has 0 aliphatic carbocycles. The van der Waals surface area contributed by atoms with Crippen LogP contribution in [0, 0.1) is 0 Å². The number of imide groups is 1. The third kappa shape index (κ3) is 4.59. The standard InChI is InChI=1S/C20H24N4O5S/c25-19-6-3-7-20(26)24(19)12-13-30(27,28)23-10-8-15(9-11-23)29-18-14-21-16-4-1-2-5-17(16)22-18/h1-2,4-5,14-15H,3,6-13H2. The molecule has 0 unspecified atom stereocenters. The molecule has 0 radical (unpaired) electrons. The zero-order valence-corrected chi connectivity index (χ0v) is 17.4. The topological polar surface area (TPSA) is 110 Å². The van der Waals surface area contributed by atoms with E-state index in [0.29, 0.717) is 51.1 Å². The zero-order valence-electron chi connectivity index (χ0n) is 16.6. The molecule has 0 bridgehead atoms. The number of para-hydroxylation sites is 2. The van der Waals surface area contributed by atoms with Crippen molar-refractivity contribution in [2.75, 3.05) is 25.4 Å². The highest BCUT2D eigenvalue weighted by atomic mass is 32.2. The summed E-state index contributed by atoms with van der Waals surface area (Å²) in [4.78, 5) is 33.6. The largest absolute Gasteiger partial charge is 0.473 e. The molecular formula is C20H24N4O5S. The number of ether oxygens (including phenoxy) is 1. The number of hydrogen-bond acceptors (Lipinski definition) is 7. The summed E-state index contributed by atoms with van der Waals surface area (Å²) in [6, 6.07) is 7.52. The Bertz CT molecular complexity index is 1030. The van der Waals surface area contributed by atoms with E-state index in [0.717, 1.165) is 15.9 Å². The molecule has 1 aromatic heterocycles. The van der Waals surface area contributed by atoms with Gasteiger partial charge in [0.2, 0.25) is 27.7 Å². The number of carbonyl (C=O) groups excluding carboxylic acids is 2. The van der Waals surface area contributed by atoms with E-state index in [2.05, 4.69) is 9.97 Å². The summed E-state index contributed by atoms with van der Waals surface area (Å²) in [5, 5.41) is 0. The highest BCUT2D eigenvalue weighted by Gasteiger charge is 2.32. The number of sulfonamides is 1. The number of benzene rings is 1. The van der Waals surface area contributed by atoms with Crippen LogP contribution in [0.5, 0.6) is 5.88 Å². The van der Waals surface area contributed by atoms with Crippen LogP contribution >= 0.6 is 0 Å². The van der Waals surface area contributed by atoms with Gasteiger partial charge in [-0.15, -0.1) is 0 Å².